The van der Waals surface area contributed by atoms with E-state index in [1.165, 1.54) is 81.1 Å². The number of morpholine rings is 1. The van der Waals surface area contributed by atoms with Gasteiger partial charge in [0, 0.05) is 72.8 Å². The van der Waals surface area contributed by atoms with E-state index in [2.05, 4.69) is 74.3 Å². The Kier molecular flexibility index (Phi) is 19.6. The fourth-order valence-electron chi connectivity index (χ4n) is 9.84. The first-order chi connectivity index (χ1) is 34.5. The number of allylic oxidation sites excluding steroid dienone is 2. The van der Waals surface area contributed by atoms with Crippen molar-refractivity contribution in [3.05, 3.63) is 119 Å². The van der Waals surface area contributed by atoms with Crippen LogP contribution in [0.15, 0.2) is 91.3 Å². The number of imide groups is 1. The summed E-state index contributed by atoms with van der Waals surface area (Å²) in [7, 11) is 1.88. The summed E-state index contributed by atoms with van der Waals surface area (Å²) in [4.78, 5) is 31.3. The molecule has 14 nitrogen and oxygen atoms in total. The zero-order chi connectivity index (χ0) is 48.2. The van der Waals surface area contributed by atoms with Gasteiger partial charge in [0.25, 0.3) is 11.8 Å². The molecule has 8 rings (SSSR count). The van der Waals surface area contributed by atoms with Crippen LogP contribution in [0.5, 0.6) is 5.75 Å². The summed E-state index contributed by atoms with van der Waals surface area (Å²) in [5.74, 6) is 0.962. The number of rotatable bonds is 32. The highest BCUT2D eigenvalue weighted by atomic mass is 16.5. The number of hydrogen-bond donors (Lipinski definition) is 1. The molecule has 0 radical (unpaired) electrons. The highest BCUT2D eigenvalue weighted by Gasteiger charge is 2.35. The predicted octanol–water partition coefficient (Wildman–Crippen LogP) is 9.45. The molecule has 3 aromatic carbocycles. The first-order valence-electron chi connectivity index (χ1n) is 26.4. The molecule has 5 aromatic rings. The van der Waals surface area contributed by atoms with Gasteiger partial charge in [0.05, 0.1) is 44.4 Å². The van der Waals surface area contributed by atoms with E-state index in [0.717, 1.165) is 118 Å². The molecule has 3 aliphatic rings. The van der Waals surface area contributed by atoms with Gasteiger partial charge in [0.15, 0.2) is 11.9 Å². The van der Waals surface area contributed by atoms with Gasteiger partial charge in [0.1, 0.15) is 25.0 Å². The Balaban J connectivity index is 0.595. The molecule has 1 N–H and O–H groups in total. The fraction of sp³-hybridized carbons (Fsp3) is 0.536. The molecule has 2 amide bonds. The molecular weight excluding hydrogens is 879 g/mol. The van der Waals surface area contributed by atoms with Crippen LogP contribution in [-0.4, -0.2) is 87.7 Å². The lowest BCUT2D eigenvalue weighted by molar-refractivity contribution is -0.755. The van der Waals surface area contributed by atoms with Crippen LogP contribution in [0, 0.1) is 5.92 Å². The fourth-order valence-corrected chi connectivity index (χ4v) is 9.84. The van der Waals surface area contributed by atoms with E-state index < -0.39 is 0 Å². The van der Waals surface area contributed by atoms with Gasteiger partial charge < -0.3 is 24.4 Å². The van der Waals surface area contributed by atoms with Gasteiger partial charge in [0.2, 0.25) is 0 Å². The number of carbonyl (C=O) groups is 2. The highest BCUT2D eigenvalue weighted by Crippen LogP contribution is 2.36. The first-order valence-corrected chi connectivity index (χ1v) is 26.4. The zero-order valence-electron chi connectivity index (χ0n) is 41.7. The van der Waals surface area contributed by atoms with E-state index >= 15 is 0 Å². The number of aryl methyl sites for hydroxylation is 3. The number of nitrogens with zero attached hydrogens (tertiary/aromatic N) is 8. The maximum absolute atomic E-state index is 13.8. The van der Waals surface area contributed by atoms with Gasteiger partial charge in [-0.3, -0.25) is 19.2 Å². The number of carbonyl (C=O) groups excluding carboxylic acids is 2. The lowest BCUT2D eigenvalue weighted by Gasteiger charge is -2.32. The largest absolute Gasteiger partial charge is 0.494 e. The SMILES string of the molecule is Cn1n[n+](CCCCCCCCCCn2cc(COCCCCCCCCCCOc3ccc(CNCC4C=CC=C4)cc3)nn2)cc1CN1C(=O)c2cccc3c(N4CCOCC4)ccc(c23)C1=O. The summed E-state index contributed by atoms with van der Waals surface area (Å²) >= 11 is 0. The van der Waals surface area contributed by atoms with Crippen LogP contribution in [-0.2, 0) is 49.3 Å². The van der Waals surface area contributed by atoms with Crippen molar-refractivity contribution in [2.45, 2.75) is 136 Å². The molecule has 1 saturated heterocycles. The minimum absolute atomic E-state index is 0.176. The van der Waals surface area contributed by atoms with Crippen LogP contribution in [0.2, 0.25) is 0 Å². The summed E-state index contributed by atoms with van der Waals surface area (Å²) in [5, 5.41) is 18.5. The minimum atomic E-state index is -0.260. The van der Waals surface area contributed by atoms with Gasteiger partial charge in [-0.15, -0.1) is 14.5 Å². The lowest BCUT2D eigenvalue weighted by atomic mass is 9.92. The van der Waals surface area contributed by atoms with Crippen molar-refractivity contribution in [2.75, 3.05) is 51.0 Å². The van der Waals surface area contributed by atoms with Crippen molar-refractivity contribution >= 4 is 28.3 Å². The van der Waals surface area contributed by atoms with Gasteiger partial charge in [-0.1, -0.05) is 124 Å². The number of anilines is 1. The molecule has 14 heteroatoms. The van der Waals surface area contributed by atoms with Crippen LogP contribution < -0.4 is 19.6 Å². The van der Waals surface area contributed by atoms with Crippen LogP contribution >= 0.6 is 0 Å². The van der Waals surface area contributed by atoms with Crippen LogP contribution in [0.3, 0.4) is 0 Å². The Morgan fingerprint density at radius 3 is 2.17 bits per heavy atom. The van der Waals surface area contributed by atoms with Gasteiger partial charge in [-0.05, 0) is 68.0 Å². The maximum Gasteiger partial charge on any atom is 0.261 e. The molecule has 70 heavy (non-hydrogen) atoms. The molecule has 1 fully saturated rings. The molecule has 0 spiro atoms. The van der Waals surface area contributed by atoms with E-state index in [4.69, 9.17) is 14.2 Å². The van der Waals surface area contributed by atoms with Crippen molar-refractivity contribution in [3.8, 4) is 5.75 Å². The second-order valence-electron chi connectivity index (χ2n) is 19.3. The number of nitrogens with one attached hydrogen (secondary N) is 1. The Morgan fingerprint density at radius 1 is 0.757 bits per heavy atom. The van der Waals surface area contributed by atoms with Gasteiger partial charge >= 0.3 is 0 Å². The van der Waals surface area contributed by atoms with Gasteiger partial charge in [-0.2, -0.15) is 0 Å². The molecule has 374 valence electrons. The molecule has 2 aromatic heterocycles. The molecule has 2 aliphatic heterocycles. The summed E-state index contributed by atoms with van der Waals surface area (Å²) in [5.41, 5.74) is 5.21. The maximum atomic E-state index is 13.8. The molecule has 0 unspecified atom stereocenters. The molecule has 4 heterocycles. The minimum Gasteiger partial charge on any atom is -0.494 e. The Labute approximate surface area is 415 Å². The topological polar surface area (TPSA) is 133 Å². The van der Waals surface area contributed by atoms with Crippen molar-refractivity contribution in [1.29, 1.82) is 0 Å². The second kappa shape index (κ2) is 27.1. The van der Waals surface area contributed by atoms with Crippen molar-refractivity contribution < 1.29 is 28.5 Å². The van der Waals surface area contributed by atoms with Crippen LogP contribution in [0.1, 0.15) is 140 Å². The molecule has 0 bridgehead atoms. The van der Waals surface area contributed by atoms with Crippen molar-refractivity contribution in [1.82, 2.24) is 35.1 Å². The van der Waals surface area contributed by atoms with E-state index in [0.29, 0.717) is 36.9 Å². The Hall–Kier alpha value is -5.70. The van der Waals surface area contributed by atoms with Crippen molar-refractivity contribution in [3.63, 3.8) is 0 Å². The van der Waals surface area contributed by atoms with E-state index in [-0.39, 0.29) is 18.4 Å². The van der Waals surface area contributed by atoms with E-state index in [1.807, 2.05) is 59.1 Å². The number of amides is 2. The zero-order valence-corrected chi connectivity index (χ0v) is 41.7. The molecule has 0 atom stereocenters. The third-order valence-electron chi connectivity index (χ3n) is 13.9. The Morgan fingerprint density at radius 2 is 1.43 bits per heavy atom. The number of ether oxygens (including phenoxy) is 3. The normalized spacial score (nSPS) is 14.8. The van der Waals surface area contributed by atoms with Crippen LogP contribution in [0.25, 0.3) is 10.8 Å². The average molecular weight is 955 g/mol. The Bertz CT molecular complexity index is 2440. The number of hydrogen-bond acceptors (Lipinski definition) is 10. The number of aromatic nitrogens is 6. The summed E-state index contributed by atoms with van der Waals surface area (Å²) in [6.45, 7) is 8.73. The summed E-state index contributed by atoms with van der Waals surface area (Å²) in [6, 6.07) is 18.2. The molecular formula is C56H76N9O5+. The van der Waals surface area contributed by atoms with E-state index in [1.54, 1.807) is 4.68 Å². The van der Waals surface area contributed by atoms with Crippen molar-refractivity contribution in [2.24, 2.45) is 13.0 Å². The average Bonchev–Trinajstić information content (AvgIpc) is 4.16. The third-order valence-corrected chi connectivity index (χ3v) is 13.9. The molecule has 1 aliphatic carbocycles. The predicted molar refractivity (Wildman–Crippen MR) is 274 cm³/mol. The van der Waals surface area contributed by atoms with Crippen LogP contribution in [0.4, 0.5) is 5.69 Å². The molecule has 0 saturated carbocycles. The van der Waals surface area contributed by atoms with Gasteiger partial charge in [-0.25, -0.2) is 0 Å². The second-order valence-corrected chi connectivity index (χ2v) is 19.3. The summed E-state index contributed by atoms with van der Waals surface area (Å²) in [6.07, 6.45) is 31.8. The quantitative estimate of drug-likeness (QED) is 0.0253. The van der Waals surface area contributed by atoms with E-state index in [9.17, 15) is 9.59 Å². The lowest BCUT2D eigenvalue weighted by Crippen LogP contribution is -2.40. The number of benzene rings is 3. The standard InChI is InChI=1S/C56H76N9O5/c1-61-48(43-65-55(66)51-24-20-23-50-53(62-33-37-68-38-34-62)30-29-52(54(50)51)56(65)67)42-64(60-61)32-17-11-7-3-2-6-10-16-31-63-41-47(58-59-63)44-69-35-18-12-8-4-5-9-13-19-36-70-49-27-25-46(26-28-49)40-57-39-45-21-14-15-22-45/h14-15,20-30,41-42,45,57H,2-13,16-19,31-40,43-44H2,1H3/q+1. The monoisotopic (exact) mass is 955 g/mol. The smallest absolute Gasteiger partial charge is 0.261 e. The highest BCUT2D eigenvalue weighted by molar-refractivity contribution is 6.26. The summed E-state index contributed by atoms with van der Waals surface area (Å²) < 4.78 is 23.1. The number of unbranched alkanes of at least 4 members (excludes halogenated alkanes) is 14. The third kappa shape index (κ3) is 14.7. The first kappa shape index (κ1) is 50.7.